The van der Waals surface area contributed by atoms with Gasteiger partial charge in [-0.15, -0.1) is 0 Å². The molecule has 21 heavy (non-hydrogen) atoms. The molecule has 1 aromatic carbocycles. The number of hydrogen-bond acceptors (Lipinski definition) is 3. The molecular weight excluding hydrogens is 266 g/mol. The lowest BCUT2D eigenvalue weighted by Gasteiger charge is -2.34. The van der Waals surface area contributed by atoms with Crippen LogP contribution < -0.4 is 0 Å². The monoisotopic (exact) mass is 285 g/mol. The number of aromatic nitrogens is 2. The van der Waals surface area contributed by atoms with Crippen LogP contribution in [0.15, 0.2) is 43.0 Å². The average Bonchev–Trinajstić information content (AvgIpc) is 3.09. The molecule has 0 saturated carbocycles. The maximum atomic E-state index is 12.6. The Morgan fingerprint density at radius 1 is 1.29 bits per heavy atom. The van der Waals surface area contributed by atoms with Crippen LogP contribution in [0.3, 0.4) is 0 Å². The van der Waals surface area contributed by atoms with E-state index in [0.29, 0.717) is 5.56 Å². The van der Waals surface area contributed by atoms with Crippen LogP contribution in [0.4, 0.5) is 0 Å². The van der Waals surface area contributed by atoms with E-state index in [1.54, 1.807) is 17.4 Å². The number of hydrogen-bond donors (Lipinski definition) is 1. The minimum atomic E-state index is -0.0421. The number of likely N-dealkylation sites (tertiary alicyclic amines) is 1. The molecule has 0 radical (unpaired) electrons. The van der Waals surface area contributed by atoms with E-state index in [0.717, 1.165) is 31.5 Å². The van der Waals surface area contributed by atoms with Gasteiger partial charge in [0.25, 0.3) is 5.91 Å². The predicted molar refractivity (Wildman–Crippen MR) is 79.3 cm³/mol. The van der Waals surface area contributed by atoms with E-state index in [9.17, 15) is 9.90 Å². The van der Waals surface area contributed by atoms with Crippen LogP contribution in [0.5, 0.6) is 0 Å². The summed E-state index contributed by atoms with van der Waals surface area (Å²) >= 11 is 0. The Balaban J connectivity index is 1.78. The van der Waals surface area contributed by atoms with Gasteiger partial charge in [-0.05, 0) is 43.5 Å². The Hall–Kier alpha value is -2.14. The number of piperidine rings is 1. The van der Waals surface area contributed by atoms with E-state index >= 15 is 0 Å². The van der Waals surface area contributed by atoms with E-state index in [1.807, 2.05) is 35.0 Å². The van der Waals surface area contributed by atoms with Crippen LogP contribution in [-0.4, -0.2) is 44.7 Å². The van der Waals surface area contributed by atoms with Crippen LogP contribution in [0.1, 0.15) is 29.6 Å². The molecule has 1 saturated heterocycles. The molecule has 1 aliphatic heterocycles. The molecule has 1 unspecified atom stereocenters. The minimum Gasteiger partial charge on any atom is -0.394 e. The molecule has 1 fully saturated rings. The molecule has 1 atom stereocenters. The quantitative estimate of drug-likeness (QED) is 0.936. The third kappa shape index (κ3) is 2.83. The molecule has 0 spiro atoms. The van der Waals surface area contributed by atoms with Crippen molar-refractivity contribution in [3.05, 3.63) is 48.5 Å². The number of amides is 1. The Morgan fingerprint density at radius 3 is 2.76 bits per heavy atom. The molecule has 2 heterocycles. The first-order valence-electron chi connectivity index (χ1n) is 7.30. The van der Waals surface area contributed by atoms with Gasteiger partial charge in [0, 0.05) is 30.2 Å². The molecule has 1 N–H and O–H groups in total. The SMILES string of the molecule is O=C(c1ccc(-n2ccnc2)cc1)N1CCCCC1CO. The summed E-state index contributed by atoms with van der Waals surface area (Å²) in [4.78, 5) is 18.4. The highest BCUT2D eigenvalue weighted by molar-refractivity contribution is 5.94. The van der Waals surface area contributed by atoms with Crippen LogP contribution >= 0.6 is 0 Å². The lowest BCUT2D eigenvalue weighted by atomic mass is 10.0. The third-order valence-corrected chi connectivity index (χ3v) is 4.02. The maximum absolute atomic E-state index is 12.6. The summed E-state index contributed by atoms with van der Waals surface area (Å²) in [5.74, 6) is 0.00549. The van der Waals surface area contributed by atoms with Crippen LogP contribution in [0, 0.1) is 0 Å². The van der Waals surface area contributed by atoms with Crippen molar-refractivity contribution in [2.75, 3.05) is 13.2 Å². The molecule has 1 aromatic heterocycles. The average molecular weight is 285 g/mol. The lowest BCUT2D eigenvalue weighted by Crippen LogP contribution is -2.45. The van der Waals surface area contributed by atoms with Gasteiger partial charge in [0.1, 0.15) is 0 Å². The number of imidazole rings is 1. The second-order valence-electron chi connectivity index (χ2n) is 5.35. The van der Waals surface area contributed by atoms with E-state index in [-0.39, 0.29) is 18.6 Å². The normalized spacial score (nSPS) is 18.7. The lowest BCUT2D eigenvalue weighted by molar-refractivity contribution is 0.0503. The van der Waals surface area contributed by atoms with Gasteiger partial charge >= 0.3 is 0 Å². The molecule has 1 aliphatic rings. The van der Waals surface area contributed by atoms with E-state index in [2.05, 4.69) is 4.98 Å². The zero-order valence-corrected chi connectivity index (χ0v) is 11.9. The Morgan fingerprint density at radius 2 is 2.10 bits per heavy atom. The van der Waals surface area contributed by atoms with E-state index in [1.165, 1.54) is 0 Å². The number of aliphatic hydroxyl groups is 1. The highest BCUT2D eigenvalue weighted by Gasteiger charge is 2.26. The van der Waals surface area contributed by atoms with Crippen molar-refractivity contribution in [1.29, 1.82) is 0 Å². The molecule has 5 nitrogen and oxygen atoms in total. The van der Waals surface area contributed by atoms with Crippen molar-refractivity contribution in [2.24, 2.45) is 0 Å². The molecule has 2 aromatic rings. The van der Waals surface area contributed by atoms with Crippen molar-refractivity contribution >= 4 is 5.91 Å². The van der Waals surface area contributed by atoms with Crippen molar-refractivity contribution in [2.45, 2.75) is 25.3 Å². The summed E-state index contributed by atoms with van der Waals surface area (Å²) in [5.41, 5.74) is 1.64. The molecule has 1 amide bonds. The standard InChI is InChI=1S/C16H19N3O2/c20-11-15-3-1-2-9-19(15)16(21)13-4-6-14(7-5-13)18-10-8-17-12-18/h4-8,10,12,15,20H,1-3,9,11H2. The number of carbonyl (C=O) groups excluding carboxylic acids is 1. The van der Waals surface area contributed by atoms with Crippen molar-refractivity contribution in [1.82, 2.24) is 14.5 Å². The van der Waals surface area contributed by atoms with Gasteiger partial charge in [0.2, 0.25) is 0 Å². The maximum Gasteiger partial charge on any atom is 0.254 e. The van der Waals surface area contributed by atoms with Crippen LogP contribution in [0.25, 0.3) is 5.69 Å². The zero-order chi connectivity index (χ0) is 14.7. The fourth-order valence-corrected chi connectivity index (χ4v) is 2.81. The number of benzene rings is 1. The highest BCUT2D eigenvalue weighted by Crippen LogP contribution is 2.20. The fourth-order valence-electron chi connectivity index (χ4n) is 2.81. The molecule has 3 rings (SSSR count). The zero-order valence-electron chi connectivity index (χ0n) is 11.9. The summed E-state index contributed by atoms with van der Waals surface area (Å²) in [6.45, 7) is 0.770. The van der Waals surface area contributed by atoms with Gasteiger partial charge in [0.05, 0.1) is 19.0 Å². The molecular formula is C16H19N3O2. The summed E-state index contributed by atoms with van der Waals surface area (Å²) in [5, 5.41) is 9.42. The summed E-state index contributed by atoms with van der Waals surface area (Å²) in [6.07, 6.45) is 8.28. The first-order valence-corrected chi connectivity index (χ1v) is 7.30. The van der Waals surface area contributed by atoms with Crippen molar-refractivity contribution < 1.29 is 9.90 Å². The van der Waals surface area contributed by atoms with Crippen LogP contribution in [0.2, 0.25) is 0 Å². The predicted octanol–water partition coefficient (Wildman–Crippen LogP) is 1.86. The van der Waals surface area contributed by atoms with Crippen molar-refractivity contribution in [3.8, 4) is 5.69 Å². The Kier molecular flexibility index (Phi) is 4.01. The second kappa shape index (κ2) is 6.10. The van der Waals surface area contributed by atoms with Gasteiger partial charge in [-0.1, -0.05) is 0 Å². The van der Waals surface area contributed by atoms with Crippen LogP contribution in [-0.2, 0) is 0 Å². The van der Waals surface area contributed by atoms with Crippen molar-refractivity contribution in [3.63, 3.8) is 0 Å². The Labute approximate surface area is 123 Å². The summed E-state index contributed by atoms with van der Waals surface area (Å²) in [6, 6.07) is 7.45. The number of aliphatic hydroxyl groups excluding tert-OH is 1. The summed E-state index contributed by atoms with van der Waals surface area (Å²) in [7, 11) is 0. The molecule has 5 heteroatoms. The molecule has 110 valence electrons. The smallest absolute Gasteiger partial charge is 0.254 e. The van der Waals surface area contributed by atoms with Gasteiger partial charge in [-0.25, -0.2) is 4.98 Å². The fraction of sp³-hybridized carbons (Fsp3) is 0.375. The minimum absolute atomic E-state index is 0.00549. The van der Waals surface area contributed by atoms with Gasteiger partial charge in [0.15, 0.2) is 0 Å². The topological polar surface area (TPSA) is 58.4 Å². The molecule has 0 bridgehead atoms. The van der Waals surface area contributed by atoms with Gasteiger partial charge in [-0.3, -0.25) is 4.79 Å². The Bertz CT molecular complexity index is 592. The number of carbonyl (C=O) groups is 1. The number of nitrogens with zero attached hydrogens (tertiary/aromatic N) is 3. The molecule has 0 aliphatic carbocycles. The first kappa shape index (κ1) is 13.8. The van der Waals surface area contributed by atoms with E-state index < -0.39 is 0 Å². The van der Waals surface area contributed by atoms with E-state index in [4.69, 9.17) is 0 Å². The third-order valence-electron chi connectivity index (χ3n) is 4.02. The summed E-state index contributed by atoms with van der Waals surface area (Å²) < 4.78 is 1.89. The van der Waals surface area contributed by atoms with Gasteiger partial charge < -0.3 is 14.6 Å². The largest absolute Gasteiger partial charge is 0.394 e. The number of rotatable bonds is 3. The van der Waals surface area contributed by atoms with Gasteiger partial charge in [-0.2, -0.15) is 0 Å². The second-order valence-corrected chi connectivity index (χ2v) is 5.35. The first-order chi connectivity index (χ1) is 10.3. The highest BCUT2D eigenvalue weighted by atomic mass is 16.3.